The van der Waals surface area contributed by atoms with Gasteiger partial charge in [-0.25, -0.2) is 9.18 Å². The Kier molecular flexibility index (Phi) is 7.84. The minimum absolute atomic E-state index is 0.0280. The minimum atomic E-state index is -1.24. The fraction of sp³-hybridized carbons (Fsp3) is 0.357. The highest BCUT2D eigenvalue weighted by Gasteiger charge is 2.59. The number of likely N-dealkylation sites (tertiary alicyclic amines) is 1. The van der Waals surface area contributed by atoms with E-state index >= 15 is 0 Å². The highest BCUT2D eigenvalue weighted by Crippen LogP contribution is 2.50. The monoisotopic (exact) mass is 550 g/mol. The standard InChI is InChI=1S/C28H28BFN2O8/c1-39-28(37)32-26(35)18-12-17(14-33)24-19(25(18)27(32)36)13-29(38)40-23(24)8-6-16(21-4-2-3-9-31-21)10-15-5-7-22(34)20(30)11-15/h2-5,7,9-11,18-19,23,25,33-34,38H,6,8,12-14H2,1H3/b16-10-/t18-,19+,23-,25-/m1/s1. The largest absolute Gasteiger partial charge is 0.505 e. The number of methoxy groups -OCH3 is 1. The van der Waals surface area contributed by atoms with Crippen LogP contribution in [-0.4, -0.2) is 70.0 Å². The maximum absolute atomic E-state index is 14.0. The van der Waals surface area contributed by atoms with E-state index in [1.165, 1.54) is 12.1 Å². The number of amides is 3. The zero-order valence-corrected chi connectivity index (χ0v) is 21.7. The third kappa shape index (κ3) is 5.05. The normalized spacial score (nSPS) is 24.8. The number of rotatable bonds is 6. The molecule has 0 saturated carbocycles. The van der Waals surface area contributed by atoms with Gasteiger partial charge in [-0.3, -0.25) is 14.6 Å². The Morgan fingerprint density at radius 1 is 1.25 bits per heavy atom. The van der Waals surface area contributed by atoms with Gasteiger partial charge in [-0.1, -0.05) is 12.1 Å². The fourth-order valence-corrected chi connectivity index (χ4v) is 6.11. The lowest BCUT2D eigenvalue weighted by molar-refractivity contribution is -0.137. The van der Waals surface area contributed by atoms with E-state index in [4.69, 9.17) is 4.65 Å². The van der Waals surface area contributed by atoms with Gasteiger partial charge in [-0.15, -0.1) is 0 Å². The summed E-state index contributed by atoms with van der Waals surface area (Å²) in [6.07, 6.45) is 2.40. The van der Waals surface area contributed by atoms with E-state index in [2.05, 4.69) is 9.72 Å². The first-order valence-corrected chi connectivity index (χ1v) is 13.0. The first-order valence-electron chi connectivity index (χ1n) is 13.0. The summed E-state index contributed by atoms with van der Waals surface area (Å²) in [5.41, 5.74) is 3.06. The van der Waals surface area contributed by atoms with Gasteiger partial charge >= 0.3 is 13.2 Å². The summed E-state index contributed by atoms with van der Waals surface area (Å²) in [6.45, 7) is -0.375. The summed E-state index contributed by atoms with van der Waals surface area (Å²) < 4.78 is 24.6. The molecule has 3 heterocycles. The fourth-order valence-electron chi connectivity index (χ4n) is 6.11. The lowest BCUT2D eigenvalue weighted by Crippen LogP contribution is -2.46. The van der Waals surface area contributed by atoms with E-state index in [-0.39, 0.29) is 19.3 Å². The van der Waals surface area contributed by atoms with Crippen LogP contribution in [0.1, 0.15) is 30.5 Å². The summed E-state index contributed by atoms with van der Waals surface area (Å²) >= 11 is 0. The molecule has 0 spiro atoms. The third-order valence-electron chi connectivity index (χ3n) is 7.84. The minimum Gasteiger partial charge on any atom is -0.505 e. The number of aromatic nitrogens is 1. The predicted octanol–water partition coefficient (Wildman–Crippen LogP) is 2.80. The van der Waals surface area contributed by atoms with Crippen LogP contribution in [-0.2, 0) is 19.0 Å². The van der Waals surface area contributed by atoms with Crippen LogP contribution in [0.25, 0.3) is 11.6 Å². The van der Waals surface area contributed by atoms with Gasteiger partial charge in [0.2, 0.25) is 11.8 Å². The molecule has 1 aromatic heterocycles. The Labute approximate surface area is 229 Å². The van der Waals surface area contributed by atoms with Crippen LogP contribution >= 0.6 is 0 Å². The van der Waals surface area contributed by atoms with Crippen molar-refractivity contribution in [2.24, 2.45) is 17.8 Å². The van der Waals surface area contributed by atoms with Gasteiger partial charge in [-0.2, -0.15) is 4.90 Å². The molecule has 1 aromatic carbocycles. The SMILES string of the molecule is COC(=O)N1C(=O)[C@@H]2[C@@H](CC(CO)=C3[C@@H](CC/C(=C/c4ccc(O)c(F)c4)c4ccccn4)OB(O)C[C@@H]32)C1=O. The van der Waals surface area contributed by atoms with Gasteiger partial charge in [0.1, 0.15) is 0 Å². The molecule has 2 saturated heterocycles. The quantitative estimate of drug-likeness (QED) is 0.281. The van der Waals surface area contributed by atoms with Crippen LogP contribution in [0, 0.1) is 23.6 Å². The first-order chi connectivity index (χ1) is 19.2. The van der Waals surface area contributed by atoms with Crippen LogP contribution < -0.4 is 0 Å². The van der Waals surface area contributed by atoms with Crippen molar-refractivity contribution >= 4 is 36.7 Å². The van der Waals surface area contributed by atoms with Gasteiger partial charge in [0.15, 0.2) is 11.6 Å². The first kappa shape index (κ1) is 27.7. The number of ether oxygens (including phenoxy) is 1. The molecule has 3 N–H and O–H groups in total. The van der Waals surface area contributed by atoms with Gasteiger partial charge in [0, 0.05) is 6.20 Å². The average molecular weight is 550 g/mol. The van der Waals surface area contributed by atoms with Crippen molar-refractivity contribution in [3.63, 3.8) is 0 Å². The zero-order chi connectivity index (χ0) is 28.6. The summed E-state index contributed by atoms with van der Waals surface area (Å²) in [7, 11) is -0.151. The molecule has 4 atom stereocenters. The molecule has 40 heavy (non-hydrogen) atoms. The molecule has 5 rings (SSSR count). The van der Waals surface area contributed by atoms with Crippen molar-refractivity contribution in [2.45, 2.75) is 31.7 Å². The van der Waals surface area contributed by atoms with Gasteiger partial charge in [0.05, 0.1) is 37.4 Å². The Balaban J connectivity index is 1.47. The second-order valence-corrected chi connectivity index (χ2v) is 10.1. The molecule has 2 aromatic rings. The van der Waals surface area contributed by atoms with Crippen molar-refractivity contribution in [3.05, 3.63) is 70.8 Å². The van der Waals surface area contributed by atoms with Gasteiger partial charge in [-0.05, 0) is 84.1 Å². The average Bonchev–Trinajstić information content (AvgIpc) is 3.21. The number of hydrogen-bond acceptors (Lipinski definition) is 9. The topological polar surface area (TPSA) is 146 Å². The maximum Gasteiger partial charge on any atom is 0.455 e. The molecular weight excluding hydrogens is 522 g/mol. The van der Waals surface area contributed by atoms with Crippen molar-refractivity contribution in [1.29, 1.82) is 0 Å². The number of benzene rings is 1. The van der Waals surface area contributed by atoms with E-state index in [0.29, 0.717) is 40.1 Å². The number of nitrogens with zero attached hydrogens (tertiary/aromatic N) is 2. The van der Waals surface area contributed by atoms with Crippen LogP contribution in [0.15, 0.2) is 53.7 Å². The van der Waals surface area contributed by atoms with E-state index in [1.54, 1.807) is 30.5 Å². The Morgan fingerprint density at radius 2 is 2.05 bits per heavy atom. The molecule has 1 aliphatic carbocycles. The number of imide groups is 3. The molecule has 3 amide bonds. The molecule has 0 unspecified atom stereocenters. The maximum atomic E-state index is 14.0. The molecule has 3 aliphatic rings. The zero-order valence-electron chi connectivity index (χ0n) is 21.7. The van der Waals surface area contributed by atoms with E-state index in [1.807, 2.05) is 6.07 Å². The van der Waals surface area contributed by atoms with Crippen molar-refractivity contribution < 1.29 is 43.4 Å². The van der Waals surface area contributed by atoms with E-state index in [9.17, 15) is 34.0 Å². The number of carbonyl (C=O) groups excluding carboxylic acids is 3. The van der Waals surface area contributed by atoms with E-state index < -0.39 is 60.5 Å². The van der Waals surface area contributed by atoms with Crippen LogP contribution in [0.4, 0.5) is 9.18 Å². The van der Waals surface area contributed by atoms with Crippen LogP contribution in [0.3, 0.4) is 0 Å². The molecule has 0 bridgehead atoms. The number of pyridine rings is 1. The Hall–Kier alpha value is -3.87. The molecule has 2 fully saturated rings. The Morgan fingerprint density at radius 3 is 2.73 bits per heavy atom. The summed E-state index contributed by atoms with van der Waals surface area (Å²) in [6, 6.07) is 9.42. The van der Waals surface area contributed by atoms with Crippen molar-refractivity contribution in [2.75, 3.05) is 13.7 Å². The number of aliphatic hydroxyl groups excluding tert-OH is 1. The second-order valence-electron chi connectivity index (χ2n) is 10.1. The van der Waals surface area contributed by atoms with Crippen LogP contribution in [0.2, 0.25) is 6.32 Å². The number of carbonyl (C=O) groups is 3. The molecule has 2 aliphatic heterocycles. The predicted molar refractivity (Wildman–Crippen MR) is 141 cm³/mol. The number of allylic oxidation sites excluding steroid dienone is 1. The highest BCUT2D eigenvalue weighted by molar-refractivity contribution is 6.43. The Bertz CT molecular complexity index is 1400. The van der Waals surface area contributed by atoms with Crippen molar-refractivity contribution in [1.82, 2.24) is 9.88 Å². The highest BCUT2D eigenvalue weighted by atomic mass is 19.1. The number of fused-ring (bicyclic) bond motifs is 3. The number of halogens is 1. The number of aromatic hydroxyl groups is 1. The van der Waals surface area contributed by atoms with E-state index in [0.717, 1.165) is 12.7 Å². The van der Waals surface area contributed by atoms with Gasteiger partial charge < -0.3 is 24.6 Å². The number of hydrogen-bond donors (Lipinski definition) is 3. The second kappa shape index (κ2) is 11.3. The van der Waals surface area contributed by atoms with Crippen molar-refractivity contribution in [3.8, 4) is 5.75 Å². The number of phenols is 1. The molecule has 10 nitrogen and oxygen atoms in total. The lowest BCUT2D eigenvalue weighted by atomic mass is 9.58. The summed E-state index contributed by atoms with van der Waals surface area (Å²) in [5, 5.41) is 30.5. The number of phenolic OH excluding ortho intramolecular Hbond substituents is 1. The molecular formula is C28H28BFN2O8. The van der Waals surface area contributed by atoms with Gasteiger partial charge in [0.25, 0.3) is 0 Å². The molecule has 208 valence electrons. The summed E-state index contributed by atoms with van der Waals surface area (Å²) in [4.78, 5) is 43.4. The number of aliphatic hydroxyl groups is 1. The third-order valence-corrected chi connectivity index (χ3v) is 7.84. The summed E-state index contributed by atoms with van der Waals surface area (Å²) in [5.74, 6) is -4.93. The smallest absolute Gasteiger partial charge is 0.455 e. The lowest BCUT2D eigenvalue weighted by Gasteiger charge is -2.42. The molecule has 12 heteroatoms. The molecule has 0 radical (unpaired) electrons. The van der Waals surface area contributed by atoms with Crippen LogP contribution in [0.5, 0.6) is 5.75 Å².